The zero-order chi connectivity index (χ0) is 11.7. The van der Waals surface area contributed by atoms with E-state index in [1.807, 2.05) is 44.2 Å². The minimum atomic E-state index is 0.212. The van der Waals surface area contributed by atoms with Crippen LogP contribution in [0.5, 0.6) is 0 Å². The molecule has 2 heterocycles. The fourth-order valence-electron chi connectivity index (χ4n) is 1.83. The fraction of sp³-hybridized carbons (Fsp3) is 0.455. The zero-order valence-corrected chi connectivity index (χ0v) is 10.1. The van der Waals surface area contributed by atoms with Crippen molar-refractivity contribution in [1.82, 2.24) is 19.6 Å². The minimum absolute atomic E-state index is 0.212. The van der Waals surface area contributed by atoms with E-state index in [4.69, 9.17) is 0 Å². The molecule has 0 amide bonds. The number of rotatable bonds is 3. The van der Waals surface area contributed by atoms with Crippen molar-refractivity contribution < 1.29 is 0 Å². The normalized spacial score (nSPS) is 12.8. The van der Waals surface area contributed by atoms with Gasteiger partial charge >= 0.3 is 0 Å². The molecule has 2 aromatic heterocycles. The second kappa shape index (κ2) is 4.00. The molecule has 0 radical (unpaired) electrons. The number of nitrogens with zero attached hydrogens (tertiary/aromatic N) is 4. The van der Waals surface area contributed by atoms with Crippen LogP contribution in [0.1, 0.15) is 24.2 Å². The summed E-state index contributed by atoms with van der Waals surface area (Å²) in [4.78, 5) is 0. The number of aromatic nitrogens is 4. The Morgan fingerprint density at radius 2 is 2.00 bits per heavy atom. The third kappa shape index (κ3) is 2.08. The van der Waals surface area contributed by atoms with Crippen LogP contribution in [0.15, 0.2) is 18.5 Å². The van der Waals surface area contributed by atoms with Crippen LogP contribution < -0.4 is 5.32 Å². The Kier molecular flexibility index (Phi) is 2.68. The van der Waals surface area contributed by atoms with Crippen molar-refractivity contribution in [3.05, 3.63) is 29.7 Å². The molecule has 16 heavy (non-hydrogen) atoms. The van der Waals surface area contributed by atoms with Crippen molar-refractivity contribution in [1.29, 1.82) is 0 Å². The molecule has 0 aromatic carbocycles. The van der Waals surface area contributed by atoms with Crippen LogP contribution in [0.4, 0.5) is 5.82 Å². The van der Waals surface area contributed by atoms with Crippen molar-refractivity contribution in [2.45, 2.75) is 19.9 Å². The van der Waals surface area contributed by atoms with Gasteiger partial charge in [-0.25, -0.2) is 0 Å². The van der Waals surface area contributed by atoms with E-state index in [1.54, 1.807) is 4.68 Å². The smallest absolute Gasteiger partial charge is 0.148 e. The van der Waals surface area contributed by atoms with Crippen LogP contribution in [-0.4, -0.2) is 19.6 Å². The fourth-order valence-corrected chi connectivity index (χ4v) is 1.83. The number of anilines is 1. The van der Waals surface area contributed by atoms with E-state index in [9.17, 15) is 0 Å². The van der Waals surface area contributed by atoms with E-state index in [0.29, 0.717) is 0 Å². The van der Waals surface area contributed by atoms with E-state index >= 15 is 0 Å². The highest BCUT2D eigenvalue weighted by atomic mass is 15.3. The molecule has 0 aliphatic heterocycles. The Morgan fingerprint density at radius 3 is 2.50 bits per heavy atom. The molecule has 0 aliphatic carbocycles. The summed E-state index contributed by atoms with van der Waals surface area (Å²) in [5.41, 5.74) is 2.26. The van der Waals surface area contributed by atoms with Gasteiger partial charge in [0.1, 0.15) is 5.82 Å². The molecule has 1 atom stereocenters. The first kappa shape index (κ1) is 10.7. The summed E-state index contributed by atoms with van der Waals surface area (Å²) in [5.74, 6) is 0.887. The average Bonchev–Trinajstić information content (AvgIpc) is 2.73. The summed E-state index contributed by atoms with van der Waals surface area (Å²) in [6.07, 6.45) is 3.96. The number of hydrogen-bond acceptors (Lipinski definition) is 3. The van der Waals surface area contributed by atoms with Gasteiger partial charge in [0.25, 0.3) is 0 Å². The highest BCUT2D eigenvalue weighted by Crippen LogP contribution is 2.19. The molecule has 1 unspecified atom stereocenters. The molecule has 0 fully saturated rings. The standard InChI is InChI=1S/C11H17N5/c1-8(10-7-16(4)13-9(10)2)12-11-5-6-15(3)14-11/h5-8H,1-4H3,(H,12,14). The van der Waals surface area contributed by atoms with Gasteiger partial charge in [0.2, 0.25) is 0 Å². The molecule has 86 valence electrons. The van der Waals surface area contributed by atoms with Crippen LogP contribution in [0.2, 0.25) is 0 Å². The van der Waals surface area contributed by atoms with Crippen LogP contribution in [0.25, 0.3) is 0 Å². The van der Waals surface area contributed by atoms with Gasteiger partial charge in [-0.15, -0.1) is 0 Å². The second-order valence-electron chi connectivity index (χ2n) is 4.08. The summed E-state index contributed by atoms with van der Waals surface area (Å²) in [6.45, 7) is 4.13. The number of hydrogen-bond donors (Lipinski definition) is 1. The first-order valence-corrected chi connectivity index (χ1v) is 5.32. The highest BCUT2D eigenvalue weighted by molar-refractivity contribution is 5.37. The molecule has 0 spiro atoms. The zero-order valence-electron chi connectivity index (χ0n) is 10.1. The molecule has 5 nitrogen and oxygen atoms in total. The lowest BCUT2D eigenvalue weighted by molar-refractivity contribution is 0.754. The van der Waals surface area contributed by atoms with Crippen molar-refractivity contribution in [2.24, 2.45) is 14.1 Å². The topological polar surface area (TPSA) is 47.7 Å². The van der Waals surface area contributed by atoms with Crippen LogP contribution in [-0.2, 0) is 14.1 Å². The highest BCUT2D eigenvalue weighted by Gasteiger charge is 2.12. The maximum absolute atomic E-state index is 4.33. The lowest BCUT2D eigenvalue weighted by Gasteiger charge is -2.11. The Morgan fingerprint density at radius 1 is 1.25 bits per heavy atom. The van der Waals surface area contributed by atoms with Gasteiger partial charge in [-0.2, -0.15) is 10.2 Å². The molecule has 5 heteroatoms. The predicted molar refractivity (Wildman–Crippen MR) is 63.2 cm³/mol. The van der Waals surface area contributed by atoms with Gasteiger partial charge < -0.3 is 5.32 Å². The molecule has 1 N–H and O–H groups in total. The van der Waals surface area contributed by atoms with Crippen LogP contribution in [0.3, 0.4) is 0 Å². The molecular formula is C11H17N5. The Balaban J connectivity index is 2.14. The summed E-state index contributed by atoms with van der Waals surface area (Å²) >= 11 is 0. The molecular weight excluding hydrogens is 202 g/mol. The number of nitrogens with one attached hydrogen (secondary N) is 1. The Bertz CT molecular complexity index is 482. The maximum Gasteiger partial charge on any atom is 0.148 e. The summed E-state index contributed by atoms with van der Waals surface area (Å²) in [5, 5.41) is 12.0. The van der Waals surface area contributed by atoms with Crippen LogP contribution in [0, 0.1) is 6.92 Å². The van der Waals surface area contributed by atoms with Gasteiger partial charge in [0.15, 0.2) is 0 Å². The van der Waals surface area contributed by atoms with Crippen molar-refractivity contribution in [2.75, 3.05) is 5.32 Å². The second-order valence-corrected chi connectivity index (χ2v) is 4.08. The van der Waals surface area contributed by atoms with Crippen molar-refractivity contribution in [3.8, 4) is 0 Å². The van der Waals surface area contributed by atoms with E-state index in [-0.39, 0.29) is 6.04 Å². The predicted octanol–water partition coefficient (Wildman–Crippen LogP) is 1.64. The SMILES string of the molecule is Cc1nn(C)cc1C(C)Nc1ccn(C)n1. The first-order chi connectivity index (χ1) is 7.56. The Hall–Kier alpha value is -1.78. The summed E-state index contributed by atoms with van der Waals surface area (Å²) < 4.78 is 3.62. The van der Waals surface area contributed by atoms with Crippen LogP contribution >= 0.6 is 0 Å². The lowest BCUT2D eigenvalue weighted by Crippen LogP contribution is -2.07. The third-order valence-corrected chi connectivity index (χ3v) is 2.60. The van der Waals surface area contributed by atoms with Gasteiger partial charge in [-0.1, -0.05) is 0 Å². The van der Waals surface area contributed by atoms with Crippen molar-refractivity contribution >= 4 is 5.82 Å². The molecule has 2 rings (SSSR count). The number of aryl methyl sites for hydroxylation is 3. The largest absolute Gasteiger partial charge is 0.362 e. The summed E-state index contributed by atoms with van der Waals surface area (Å²) in [6, 6.07) is 2.17. The summed E-state index contributed by atoms with van der Waals surface area (Å²) in [7, 11) is 3.84. The van der Waals surface area contributed by atoms with E-state index in [2.05, 4.69) is 22.4 Å². The molecule has 2 aromatic rings. The quantitative estimate of drug-likeness (QED) is 0.853. The van der Waals surface area contributed by atoms with Gasteiger partial charge in [-0.3, -0.25) is 9.36 Å². The molecule has 0 saturated carbocycles. The molecule has 0 saturated heterocycles. The lowest BCUT2D eigenvalue weighted by atomic mass is 10.1. The molecule has 0 bridgehead atoms. The van der Waals surface area contributed by atoms with E-state index < -0.39 is 0 Å². The van der Waals surface area contributed by atoms with Gasteiger partial charge in [0, 0.05) is 38.1 Å². The van der Waals surface area contributed by atoms with E-state index in [0.717, 1.165) is 11.5 Å². The Labute approximate surface area is 95.1 Å². The monoisotopic (exact) mass is 219 g/mol. The van der Waals surface area contributed by atoms with Gasteiger partial charge in [0.05, 0.1) is 11.7 Å². The van der Waals surface area contributed by atoms with E-state index in [1.165, 1.54) is 5.56 Å². The average molecular weight is 219 g/mol. The third-order valence-electron chi connectivity index (χ3n) is 2.60. The van der Waals surface area contributed by atoms with Gasteiger partial charge in [-0.05, 0) is 13.8 Å². The maximum atomic E-state index is 4.33. The molecule has 0 aliphatic rings. The minimum Gasteiger partial charge on any atom is -0.362 e. The van der Waals surface area contributed by atoms with Crippen molar-refractivity contribution in [3.63, 3.8) is 0 Å². The first-order valence-electron chi connectivity index (χ1n) is 5.32.